The first-order valence-corrected chi connectivity index (χ1v) is 11.4. The molecule has 0 unspecified atom stereocenters. The van der Waals surface area contributed by atoms with Crippen molar-refractivity contribution < 1.29 is 19.4 Å². The minimum atomic E-state index is -1.05. The number of ether oxygens (including phenoxy) is 1. The van der Waals surface area contributed by atoms with E-state index in [1.807, 2.05) is 60.7 Å². The van der Waals surface area contributed by atoms with Crippen molar-refractivity contribution in [2.45, 2.75) is 31.2 Å². The van der Waals surface area contributed by atoms with E-state index in [4.69, 9.17) is 16.3 Å². The molecule has 0 saturated heterocycles. The summed E-state index contributed by atoms with van der Waals surface area (Å²) < 4.78 is 5.62. The third-order valence-corrected chi connectivity index (χ3v) is 6.63. The van der Waals surface area contributed by atoms with Crippen LogP contribution in [0.1, 0.15) is 35.4 Å². The van der Waals surface area contributed by atoms with Crippen LogP contribution in [0.4, 0.5) is 4.79 Å². The Balaban J connectivity index is 1.39. The van der Waals surface area contributed by atoms with Crippen molar-refractivity contribution in [3.8, 4) is 11.1 Å². The van der Waals surface area contributed by atoms with Gasteiger partial charge in [-0.2, -0.15) is 0 Å². The number of carboxylic acid groups (broad SMARTS) is 1. The van der Waals surface area contributed by atoms with Crippen LogP contribution in [0.15, 0.2) is 72.8 Å². The Morgan fingerprint density at radius 2 is 1.55 bits per heavy atom. The van der Waals surface area contributed by atoms with Gasteiger partial charge in [0.1, 0.15) is 12.6 Å². The summed E-state index contributed by atoms with van der Waals surface area (Å²) >= 11 is 6.19. The number of nitrogens with zero attached hydrogens (tertiary/aromatic N) is 1. The Kier molecular flexibility index (Phi) is 6.99. The van der Waals surface area contributed by atoms with E-state index in [2.05, 4.69) is 12.1 Å². The van der Waals surface area contributed by atoms with Gasteiger partial charge in [0.15, 0.2) is 0 Å². The average molecular weight is 464 g/mol. The quantitative estimate of drug-likeness (QED) is 0.445. The van der Waals surface area contributed by atoms with Crippen molar-refractivity contribution in [1.29, 1.82) is 0 Å². The Morgan fingerprint density at radius 3 is 2.15 bits per heavy atom. The van der Waals surface area contributed by atoms with Crippen LogP contribution < -0.4 is 0 Å². The molecular formula is C27H26ClNO4. The largest absolute Gasteiger partial charge is 0.480 e. The van der Waals surface area contributed by atoms with E-state index >= 15 is 0 Å². The smallest absolute Gasteiger partial charge is 0.410 e. The maximum Gasteiger partial charge on any atom is 0.410 e. The van der Waals surface area contributed by atoms with Crippen LogP contribution in [0, 0.1) is 0 Å². The van der Waals surface area contributed by atoms with Gasteiger partial charge in [0.2, 0.25) is 0 Å². The Labute approximate surface area is 198 Å². The van der Waals surface area contributed by atoms with Gasteiger partial charge < -0.3 is 9.84 Å². The summed E-state index contributed by atoms with van der Waals surface area (Å²) in [6, 6.07) is 22.7. The summed E-state index contributed by atoms with van der Waals surface area (Å²) in [5, 5.41) is 10.4. The fourth-order valence-electron chi connectivity index (χ4n) is 4.49. The molecule has 4 rings (SSSR count). The summed E-state index contributed by atoms with van der Waals surface area (Å²) in [6.45, 7) is 0.156. The van der Waals surface area contributed by atoms with Gasteiger partial charge in [-0.15, -0.1) is 0 Å². The predicted octanol–water partition coefficient (Wildman–Crippen LogP) is 6.00. The van der Waals surface area contributed by atoms with Crippen molar-refractivity contribution in [1.82, 2.24) is 4.90 Å². The number of carbonyl (C=O) groups is 2. The minimum Gasteiger partial charge on any atom is -0.480 e. The summed E-state index contributed by atoms with van der Waals surface area (Å²) in [6.07, 6.45) is 0.896. The molecule has 0 radical (unpaired) electrons. The van der Waals surface area contributed by atoms with Crippen LogP contribution in [0.25, 0.3) is 11.1 Å². The molecule has 1 N–H and O–H groups in total. The molecule has 0 heterocycles. The minimum absolute atomic E-state index is 0.0711. The number of hydrogen-bond donors (Lipinski definition) is 1. The van der Waals surface area contributed by atoms with Crippen LogP contribution in [-0.2, 0) is 16.0 Å². The second-order valence-corrected chi connectivity index (χ2v) is 8.66. The maximum atomic E-state index is 12.8. The number of rotatable bonds is 8. The zero-order valence-corrected chi connectivity index (χ0v) is 19.2. The second kappa shape index (κ2) is 10.1. The van der Waals surface area contributed by atoms with E-state index in [0.717, 1.165) is 27.8 Å². The topological polar surface area (TPSA) is 66.8 Å². The third-order valence-electron chi connectivity index (χ3n) is 6.26. The normalized spacial score (nSPS) is 13.2. The average Bonchev–Trinajstić information content (AvgIpc) is 3.14. The van der Waals surface area contributed by atoms with Crippen LogP contribution in [0.3, 0.4) is 0 Å². The lowest BCUT2D eigenvalue weighted by Gasteiger charge is -2.25. The van der Waals surface area contributed by atoms with E-state index in [-0.39, 0.29) is 12.5 Å². The molecule has 0 bridgehead atoms. The molecule has 5 nitrogen and oxygen atoms in total. The number of carboxylic acids is 1. The van der Waals surface area contributed by atoms with Crippen molar-refractivity contribution in [3.63, 3.8) is 0 Å². The number of fused-ring (bicyclic) bond motifs is 3. The number of aryl methyl sites for hydroxylation is 1. The van der Waals surface area contributed by atoms with Crippen LogP contribution in [0.2, 0.25) is 5.02 Å². The first-order valence-electron chi connectivity index (χ1n) is 11.0. The molecule has 0 spiro atoms. The maximum absolute atomic E-state index is 12.8. The van der Waals surface area contributed by atoms with Crippen molar-refractivity contribution in [2.75, 3.05) is 13.7 Å². The highest BCUT2D eigenvalue weighted by Crippen LogP contribution is 2.44. The van der Waals surface area contributed by atoms with Gasteiger partial charge in [-0.25, -0.2) is 9.59 Å². The molecule has 0 aliphatic heterocycles. The van der Waals surface area contributed by atoms with E-state index in [1.165, 1.54) is 11.9 Å². The molecule has 1 amide bonds. The molecule has 1 aliphatic rings. The van der Waals surface area contributed by atoms with E-state index in [9.17, 15) is 14.7 Å². The predicted molar refractivity (Wildman–Crippen MR) is 129 cm³/mol. The number of carbonyl (C=O) groups excluding carboxylic acids is 1. The van der Waals surface area contributed by atoms with E-state index in [0.29, 0.717) is 24.3 Å². The monoisotopic (exact) mass is 463 g/mol. The first kappa shape index (κ1) is 22.9. The summed E-state index contributed by atoms with van der Waals surface area (Å²) in [5.74, 6) is -1.12. The summed E-state index contributed by atoms with van der Waals surface area (Å²) in [5.41, 5.74) is 5.48. The Hall–Kier alpha value is -3.31. The van der Waals surface area contributed by atoms with Gasteiger partial charge in [0.05, 0.1) is 0 Å². The van der Waals surface area contributed by atoms with Crippen LogP contribution in [0.5, 0.6) is 0 Å². The van der Waals surface area contributed by atoms with Crippen LogP contribution >= 0.6 is 11.6 Å². The molecular weight excluding hydrogens is 438 g/mol. The second-order valence-electron chi connectivity index (χ2n) is 8.25. The van der Waals surface area contributed by atoms with Gasteiger partial charge in [-0.05, 0) is 53.1 Å². The SMILES string of the molecule is CN(C(=O)OCC1c2ccccc2-c2ccccc21)[C@@H](CCCc1ccccc1Cl)C(=O)O. The van der Waals surface area contributed by atoms with Gasteiger partial charge in [0, 0.05) is 18.0 Å². The molecule has 0 saturated carbocycles. The molecule has 3 aromatic carbocycles. The molecule has 3 aromatic rings. The molecule has 0 fully saturated rings. The lowest BCUT2D eigenvalue weighted by Crippen LogP contribution is -2.43. The van der Waals surface area contributed by atoms with E-state index in [1.54, 1.807) is 0 Å². The number of likely N-dealkylation sites (N-methyl/N-ethyl adjacent to an activating group) is 1. The number of benzene rings is 3. The molecule has 6 heteroatoms. The molecule has 1 aliphatic carbocycles. The van der Waals surface area contributed by atoms with Crippen molar-refractivity contribution in [3.05, 3.63) is 94.5 Å². The fourth-order valence-corrected chi connectivity index (χ4v) is 4.72. The Morgan fingerprint density at radius 1 is 0.970 bits per heavy atom. The molecule has 33 heavy (non-hydrogen) atoms. The number of aliphatic carboxylic acids is 1. The first-order chi connectivity index (χ1) is 16.0. The lowest BCUT2D eigenvalue weighted by atomic mass is 9.98. The highest BCUT2D eigenvalue weighted by molar-refractivity contribution is 6.31. The number of amides is 1. The third kappa shape index (κ3) is 4.88. The molecule has 1 atom stereocenters. The highest BCUT2D eigenvalue weighted by atomic mass is 35.5. The standard InChI is InChI=1S/C27H26ClNO4/c1-29(25(26(30)31)16-8-10-18-9-2-7-15-24(18)28)27(32)33-17-23-21-13-5-3-11-19(21)20-12-4-6-14-22(20)23/h2-7,9,11-15,23,25H,8,10,16-17H2,1H3,(H,30,31)/t25-/m0/s1. The fraction of sp³-hybridized carbons (Fsp3) is 0.259. The Bertz CT molecular complexity index is 1120. The zero-order valence-electron chi connectivity index (χ0n) is 18.4. The van der Waals surface area contributed by atoms with Gasteiger partial charge in [0.25, 0.3) is 0 Å². The van der Waals surface area contributed by atoms with Gasteiger partial charge in [-0.3, -0.25) is 4.90 Å². The number of halogens is 1. The van der Waals surface area contributed by atoms with Crippen molar-refractivity contribution in [2.24, 2.45) is 0 Å². The molecule has 170 valence electrons. The van der Waals surface area contributed by atoms with Crippen molar-refractivity contribution >= 4 is 23.7 Å². The van der Waals surface area contributed by atoms with Gasteiger partial charge in [-0.1, -0.05) is 78.3 Å². The van der Waals surface area contributed by atoms with Gasteiger partial charge >= 0.3 is 12.1 Å². The number of hydrogen-bond acceptors (Lipinski definition) is 3. The molecule has 0 aromatic heterocycles. The lowest BCUT2D eigenvalue weighted by molar-refractivity contribution is -0.142. The van der Waals surface area contributed by atoms with E-state index < -0.39 is 18.1 Å². The summed E-state index contributed by atoms with van der Waals surface area (Å²) in [4.78, 5) is 25.8. The highest BCUT2D eigenvalue weighted by Gasteiger charge is 2.31. The van der Waals surface area contributed by atoms with Crippen LogP contribution in [-0.4, -0.2) is 41.8 Å². The summed E-state index contributed by atoms with van der Waals surface area (Å²) in [7, 11) is 1.48. The zero-order chi connectivity index (χ0) is 23.4.